The van der Waals surface area contributed by atoms with E-state index < -0.39 is 0 Å². The van der Waals surface area contributed by atoms with Crippen LogP contribution in [0.4, 0.5) is 0 Å². The van der Waals surface area contributed by atoms with Gasteiger partial charge in [-0.3, -0.25) is 4.79 Å². The van der Waals surface area contributed by atoms with Crippen molar-refractivity contribution in [3.05, 3.63) is 113 Å². The van der Waals surface area contributed by atoms with Crippen LogP contribution in [-0.4, -0.2) is 13.0 Å². The maximum Gasteiger partial charge on any atom is 0.255 e. The molecule has 1 aromatic heterocycles. The average Bonchev–Trinajstić information content (AvgIpc) is 3.20. The van der Waals surface area contributed by atoms with Crippen molar-refractivity contribution >= 4 is 5.91 Å². The van der Waals surface area contributed by atoms with Crippen molar-refractivity contribution in [2.24, 2.45) is 0 Å². The molecule has 4 nitrogen and oxygen atoms in total. The van der Waals surface area contributed by atoms with Gasteiger partial charge in [0.1, 0.15) is 17.3 Å². The number of ether oxygens (including phenoxy) is 1. The van der Waals surface area contributed by atoms with E-state index in [1.54, 1.807) is 13.2 Å². The van der Waals surface area contributed by atoms with Gasteiger partial charge >= 0.3 is 0 Å². The van der Waals surface area contributed by atoms with Crippen LogP contribution in [0.3, 0.4) is 0 Å². The molecule has 0 spiro atoms. The van der Waals surface area contributed by atoms with Crippen molar-refractivity contribution in [3.63, 3.8) is 0 Å². The van der Waals surface area contributed by atoms with E-state index in [1.165, 1.54) is 0 Å². The van der Waals surface area contributed by atoms with E-state index in [-0.39, 0.29) is 11.9 Å². The molecule has 0 saturated heterocycles. The first kappa shape index (κ1) is 19.5. The molecule has 4 heteroatoms. The third-order valence-corrected chi connectivity index (χ3v) is 5.08. The molecule has 0 aliphatic rings. The molecule has 0 aliphatic carbocycles. The number of carbonyl (C=O) groups is 1. The Hall–Kier alpha value is -3.79. The predicted octanol–water partition coefficient (Wildman–Crippen LogP) is 5.78. The summed E-state index contributed by atoms with van der Waals surface area (Å²) < 4.78 is 11.4. The van der Waals surface area contributed by atoms with Crippen molar-refractivity contribution in [1.82, 2.24) is 5.32 Å². The lowest BCUT2D eigenvalue weighted by Crippen LogP contribution is -2.29. The minimum Gasteiger partial charge on any atom is -0.496 e. The molecule has 1 N–H and O–H groups in total. The Balaban J connectivity index is 1.69. The molecule has 0 saturated carbocycles. The number of aryl methyl sites for hydroxylation is 1. The van der Waals surface area contributed by atoms with Crippen LogP contribution < -0.4 is 10.1 Å². The fourth-order valence-electron chi connectivity index (χ4n) is 3.55. The van der Waals surface area contributed by atoms with E-state index in [9.17, 15) is 4.79 Å². The molecule has 1 atom stereocenters. The van der Waals surface area contributed by atoms with E-state index in [0.29, 0.717) is 17.1 Å². The lowest BCUT2D eigenvalue weighted by Gasteiger charge is -2.21. The van der Waals surface area contributed by atoms with Crippen molar-refractivity contribution in [2.45, 2.75) is 13.0 Å². The number of para-hydroxylation sites is 1. The van der Waals surface area contributed by atoms with E-state index in [4.69, 9.17) is 9.15 Å². The topological polar surface area (TPSA) is 51.5 Å². The average molecular weight is 397 g/mol. The first-order valence-electron chi connectivity index (χ1n) is 9.82. The molecule has 1 heterocycles. The van der Waals surface area contributed by atoms with Crippen LogP contribution in [0.5, 0.6) is 5.75 Å². The molecule has 0 aliphatic heterocycles. The number of rotatable bonds is 6. The van der Waals surface area contributed by atoms with E-state index in [2.05, 4.69) is 5.32 Å². The molecule has 1 amide bonds. The second-order valence-electron chi connectivity index (χ2n) is 7.01. The molecule has 0 radical (unpaired) electrons. The van der Waals surface area contributed by atoms with Crippen molar-refractivity contribution in [2.75, 3.05) is 7.11 Å². The Bertz CT molecular complexity index is 1130. The maximum atomic E-state index is 13.3. The summed E-state index contributed by atoms with van der Waals surface area (Å²) in [5, 5.41) is 3.17. The second-order valence-corrected chi connectivity index (χ2v) is 7.01. The van der Waals surface area contributed by atoms with Crippen molar-refractivity contribution < 1.29 is 13.9 Å². The van der Waals surface area contributed by atoms with E-state index in [1.807, 2.05) is 91.9 Å². The molecular weight excluding hydrogens is 374 g/mol. The van der Waals surface area contributed by atoms with Crippen LogP contribution in [0.2, 0.25) is 0 Å². The highest BCUT2D eigenvalue weighted by Crippen LogP contribution is 2.31. The largest absolute Gasteiger partial charge is 0.496 e. The minimum absolute atomic E-state index is 0.196. The van der Waals surface area contributed by atoms with Crippen molar-refractivity contribution in [1.29, 1.82) is 0 Å². The zero-order valence-electron chi connectivity index (χ0n) is 17.0. The Kier molecular flexibility index (Phi) is 5.66. The zero-order valence-corrected chi connectivity index (χ0v) is 17.0. The normalized spacial score (nSPS) is 11.7. The van der Waals surface area contributed by atoms with Crippen LogP contribution in [0.25, 0.3) is 11.3 Å². The van der Waals surface area contributed by atoms with Crippen molar-refractivity contribution in [3.8, 4) is 17.1 Å². The van der Waals surface area contributed by atoms with Crippen LogP contribution in [0.1, 0.15) is 33.3 Å². The lowest BCUT2D eigenvalue weighted by atomic mass is 9.97. The van der Waals surface area contributed by atoms with E-state index >= 15 is 0 Å². The SMILES string of the molecule is COc1ccccc1C(NC(=O)c1cc(-c2ccccc2)oc1C)c1ccccc1. The predicted molar refractivity (Wildman–Crippen MR) is 118 cm³/mol. The minimum atomic E-state index is -0.357. The highest BCUT2D eigenvalue weighted by Gasteiger charge is 2.23. The van der Waals surface area contributed by atoms with Gasteiger partial charge in [0.15, 0.2) is 0 Å². The third kappa shape index (κ3) is 3.98. The molecule has 150 valence electrons. The number of methoxy groups -OCH3 is 1. The maximum absolute atomic E-state index is 13.3. The fraction of sp³-hybridized carbons (Fsp3) is 0.115. The third-order valence-electron chi connectivity index (χ3n) is 5.08. The smallest absolute Gasteiger partial charge is 0.255 e. The Morgan fingerprint density at radius 2 is 1.53 bits per heavy atom. The summed E-state index contributed by atoms with van der Waals surface area (Å²) in [7, 11) is 1.63. The molecule has 30 heavy (non-hydrogen) atoms. The Morgan fingerprint density at radius 1 is 0.900 bits per heavy atom. The zero-order chi connectivity index (χ0) is 20.9. The number of hydrogen-bond donors (Lipinski definition) is 1. The van der Waals surface area contributed by atoms with Gasteiger partial charge < -0.3 is 14.5 Å². The number of benzene rings is 3. The van der Waals surface area contributed by atoms with Gasteiger partial charge in [-0.1, -0.05) is 78.9 Å². The Labute approximate surface area is 176 Å². The number of furan rings is 1. The molecule has 4 rings (SSSR count). The van der Waals surface area contributed by atoms with Gasteiger partial charge in [0.25, 0.3) is 5.91 Å². The number of nitrogens with one attached hydrogen (secondary N) is 1. The van der Waals surface area contributed by atoms with Gasteiger partial charge in [0.05, 0.1) is 18.7 Å². The van der Waals surface area contributed by atoms with Gasteiger partial charge in [-0.25, -0.2) is 0 Å². The van der Waals surface area contributed by atoms with Gasteiger partial charge in [0.2, 0.25) is 0 Å². The molecule has 0 bridgehead atoms. The number of carbonyl (C=O) groups excluding carboxylic acids is 1. The van der Waals surface area contributed by atoms with Gasteiger partial charge in [0, 0.05) is 11.1 Å². The molecular formula is C26H23NO3. The summed E-state index contributed by atoms with van der Waals surface area (Å²) in [5.41, 5.74) is 3.32. The highest BCUT2D eigenvalue weighted by atomic mass is 16.5. The lowest BCUT2D eigenvalue weighted by molar-refractivity contribution is 0.0941. The second kappa shape index (κ2) is 8.70. The molecule has 3 aromatic carbocycles. The summed E-state index contributed by atoms with van der Waals surface area (Å²) >= 11 is 0. The fourth-order valence-corrected chi connectivity index (χ4v) is 3.55. The van der Waals surface area contributed by atoms with Crippen LogP contribution in [0.15, 0.2) is 95.4 Å². The Morgan fingerprint density at radius 3 is 2.23 bits per heavy atom. The molecule has 4 aromatic rings. The number of hydrogen-bond acceptors (Lipinski definition) is 3. The van der Waals surface area contributed by atoms with Gasteiger partial charge in [-0.15, -0.1) is 0 Å². The summed E-state index contributed by atoms with van der Waals surface area (Å²) in [6.45, 7) is 1.81. The molecule has 0 fully saturated rings. The summed E-state index contributed by atoms with van der Waals surface area (Å²) in [6, 6.07) is 28.8. The quantitative estimate of drug-likeness (QED) is 0.448. The first-order valence-corrected chi connectivity index (χ1v) is 9.82. The summed E-state index contributed by atoms with van der Waals surface area (Å²) in [4.78, 5) is 13.3. The highest BCUT2D eigenvalue weighted by molar-refractivity contribution is 5.96. The van der Waals surface area contributed by atoms with Crippen LogP contribution in [0, 0.1) is 6.92 Å². The standard InChI is InChI=1S/C26H23NO3/c1-18-22(17-24(30-18)19-11-5-3-6-12-19)26(28)27-25(20-13-7-4-8-14-20)21-15-9-10-16-23(21)29-2/h3-17,25H,1-2H3,(H,27,28). The van der Waals surface area contributed by atoms with Gasteiger partial charge in [-0.2, -0.15) is 0 Å². The number of amides is 1. The van der Waals surface area contributed by atoms with Crippen LogP contribution >= 0.6 is 0 Å². The van der Waals surface area contributed by atoms with E-state index in [0.717, 1.165) is 22.4 Å². The van der Waals surface area contributed by atoms with Gasteiger partial charge in [-0.05, 0) is 24.6 Å². The van der Waals surface area contributed by atoms with Crippen LogP contribution in [-0.2, 0) is 0 Å². The monoisotopic (exact) mass is 397 g/mol. The summed E-state index contributed by atoms with van der Waals surface area (Å²) in [6.07, 6.45) is 0. The molecule has 1 unspecified atom stereocenters. The first-order chi connectivity index (χ1) is 14.7. The summed E-state index contributed by atoms with van der Waals surface area (Å²) in [5.74, 6) is 1.78.